The third-order valence-corrected chi connectivity index (χ3v) is 8.04. The summed E-state index contributed by atoms with van der Waals surface area (Å²) in [6.07, 6.45) is 0.449. The molecule has 3 aromatic carbocycles. The number of nitrogens with zero attached hydrogens (tertiary/aromatic N) is 2. The predicted octanol–water partition coefficient (Wildman–Crippen LogP) is 4.20. The van der Waals surface area contributed by atoms with Crippen LogP contribution in [0.2, 0.25) is 0 Å². The molecule has 3 heterocycles. The van der Waals surface area contributed by atoms with Gasteiger partial charge in [-0.3, -0.25) is 15.0 Å². The summed E-state index contributed by atoms with van der Waals surface area (Å²) in [4.78, 5) is 20.5. The Bertz CT molecular complexity index is 1490. The molecule has 6 rings (SSSR count). The highest BCUT2D eigenvalue weighted by Crippen LogP contribution is 2.37. The first-order valence-electron chi connectivity index (χ1n) is 13.4. The second kappa shape index (κ2) is 10.6. The number of aromatic amines is 1. The van der Waals surface area contributed by atoms with Crippen molar-refractivity contribution in [2.45, 2.75) is 25.0 Å². The summed E-state index contributed by atoms with van der Waals surface area (Å²) < 4.78 is 11.3. The number of aromatic nitrogens is 1. The van der Waals surface area contributed by atoms with E-state index in [2.05, 4.69) is 38.3 Å². The Hall–Kier alpha value is -4.01. The number of carbonyl (C=O) groups is 1. The lowest BCUT2D eigenvalue weighted by molar-refractivity contribution is -0.139. The second-order valence-corrected chi connectivity index (χ2v) is 10.3. The number of rotatable bonds is 7. The molecule has 8 heteroatoms. The van der Waals surface area contributed by atoms with Gasteiger partial charge in [0.1, 0.15) is 17.5 Å². The number of para-hydroxylation sites is 3. The van der Waals surface area contributed by atoms with E-state index in [1.165, 1.54) is 0 Å². The molecular formula is C31H34N4O4. The fourth-order valence-electron chi connectivity index (χ4n) is 6.04. The Labute approximate surface area is 228 Å². The van der Waals surface area contributed by atoms with Gasteiger partial charge in [0.05, 0.1) is 25.9 Å². The minimum absolute atomic E-state index is 0.255. The van der Waals surface area contributed by atoms with Gasteiger partial charge in [0, 0.05) is 61.3 Å². The van der Waals surface area contributed by atoms with Crippen molar-refractivity contribution in [1.82, 2.24) is 15.2 Å². The number of fused-ring (bicyclic) bond motifs is 3. The summed E-state index contributed by atoms with van der Waals surface area (Å²) in [5.74, 6) is 0.905. The Morgan fingerprint density at radius 2 is 1.69 bits per heavy atom. The van der Waals surface area contributed by atoms with Crippen LogP contribution in [0.3, 0.4) is 0 Å². The molecule has 0 aliphatic carbocycles. The number of nitrogens with one attached hydrogen (secondary N) is 2. The molecule has 0 bridgehead atoms. The fraction of sp³-hybridized carbons (Fsp3) is 0.323. The zero-order chi connectivity index (χ0) is 26.9. The molecular weight excluding hydrogens is 492 g/mol. The number of hydrogen-bond acceptors (Lipinski definition) is 6. The van der Waals surface area contributed by atoms with Gasteiger partial charge >= 0.3 is 5.97 Å². The molecule has 39 heavy (non-hydrogen) atoms. The van der Waals surface area contributed by atoms with Gasteiger partial charge in [-0.05, 0) is 41.5 Å². The largest absolute Gasteiger partial charge is 0.496 e. The van der Waals surface area contributed by atoms with Crippen molar-refractivity contribution >= 4 is 22.6 Å². The molecule has 3 N–H and O–H groups in total. The smallest absolute Gasteiger partial charge is 0.321 e. The molecule has 1 aromatic heterocycles. The Balaban J connectivity index is 1.26. The quantitative estimate of drug-likeness (QED) is 0.333. The number of ether oxygens (including phenoxy) is 2. The molecule has 202 valence electrons. The molecule has 2 atom stereocenters. The lowest BCUT2D eigenvalue weighted by Gasteiger charge is -2.37. The summed E-state index contributed by atoms with van der Waals surface area (Å²) >= 11 is 0. The van der Waals surface area contributed by atoms with Gasteiger partial charge in [-0.2, -0.15) is 0 Å². The average molecular weight is 527 g/mol. The number of aliphatic carboxylic acids is 1. The van der Waals surface area contributed by atoms with E-state index in [0.717, 1.165) is 83.2 Å². The number of anilines is 1. The molecule has 0 radical (unpaired) electrons. The van der Waals surface area contributed by atoms with E-state index in [-0.39, 0.29) is 6.04 Å². The van der Waals surface area contributed by atoms with E-state index in [9.17, 15) is 9.90 Å². The number of methoxy groups -OCH3 is 2. The van der Waals surface area contributed by atoms with Crippen LogP contribution in [-0.2, 0) is 17.8 Å². The van der Waals surface area contributed by atoms with E-state index in [4.69, 9.17) is 9.47 Å². The third-order valence-electron chi connectivity index (χ3n) is 8.04. The predicted molar refractivity (Wildman–Crippen MR) is 152 cm³/mol. The maximum Gasteiger partial charge on any atom is 0.321 e. The van der Waals surface area contributed by atoms with Crippen molar-refractivity contribution < 1.29 is 19.4 Å². The van der Waals surface area contributed by atoms with Crippen molar-refractivity contribution in [3.05, 3.63) is 89.1 Å². The van der Waals surface area contributed by atoms with Crippen LogP contribution in [0.15, 0.2) is 66.7 Å². The highest BCUT2D eigenvalue weighted by Gasteiger charge is 2.34. The SMILES string of the molecule is COc1ccc([C@@H]2N[C@@H](C(=O)O)Cc3c2[nH]c2ccccc32)cc1CN1CCN(c2ccccc2OC)CC1. The first-order chi connectivity index (χ1) is 19.1. The minimum atomic E-state index is -0.836. The van der Waals surface area contributed by atoms with Gasteiger partial charge in [-0.25, -0.2) is 0 Å². The van der Waals surface area contributed by atoms with Crippen molar-refractivity contribution in [3.8, 4) is 11.5 Å². The number of benzene rings is 3. The van der Waals surface area contributed by atoms with Crippen LogP contribution in [0.25, 0.3) is 10.9 Å². The van der Waals surface area contributed by atoms with Gasteiger partial charge in [-0.1, -0.05) is 36.4 Å². The van der Waals surface area contributed by atoms with Crippen LogP contribution >= 0.6 is 0 Å². The van der Waals surface area contributed by atoms with Gasteiger partial charge < -0.3 is 24.5 Å². The molecule has 0 spiro atoms. The number of piperazine rings is 1. The normalized spacial score (nSPS) is 19.6. The van der Waals surface area contributed by atoms with Crippen molar-refractivity contribution in [1.29, 1.82) is 0 Å². The van der Waals surface area contributed by atoms with Crippen LogP contribution in [0, 0.1) is 0 Å². The number of hydrogen-bond donors (Lipinski definition) is 3. The highest BCUT2D eigenvalue weighted by atomic mass is 16.5. The van der Waals surface area contributed by atoms with E-state index < -0.39 is 12.0 Å². The van der Waals surface area contributed by atoms with E-state index >= 15 is 0 Å². The van der Waals surface area contributed by atoms with Crippen LogP contribution in [0.5, 0.6) is 11.5 Å². The van der Waals surface area contributed by atoms with Gasteiger partial charge in [0.25, 0.3) is 0 Å². The average Bonchev–Trinajstić information content (AvgIpc) is 3.36. The van der Waals surface area contributed by atoms with E-state index in [0.29, 0.717) is 6.42 Å². The molecule has 0 saturated carbocycles. The summed E-state index contributed by atoms with van der Waals surface area (Å²) in [5, 5.41) is 14.4. The second-order valence-electron chi connectivity index (χ2n) is 10.3. The third kappa shape index (κ3) is 4.82. The minimum Gasteiger partial charge on any atom is -0.496 e. The maximum absolute atomic E-state index is 12.1. The van der Waals surface area contributed by atoms with Crippen LogP contribution in [0.4, 0.5) is 5.69 Å². The lowest BCUT2D eigenvalue weighted by atomic mass is 9.89. The summed E-state index contributed by atoms with van der Waals surface area (Å²) in [7, 11) is 3.42. The summed E-state index contributed by atoms with van der Waals surface area (Å²) in [6, 6.07) is 21.6. The standard InChI is InChI=1S/C31H34N4O4/c1-38-27-12-11-20(29-30-23(18-25(33-29)31(36)37)22-7-3-4-8-24(22)32-30)17-21(27)19-34-13-15-35(16-14-34)26-9-5-6-10-28(26)39-2/h3-12,17,25,29,32-33H,13-16,18-19H2,1-2H3,(H,36,37)/t25-,29+/m1/s1. The molecule has 1 saturated heterocycles. The van der Waals surface area contributed by atoms with Crippen LogP contribution in [-0.4, -0.2) is 67.4 Å². The first-order valence-corrected chi connectivity index (χ1v) is 13.4. The Morgan fingerprint density at radius 1 is 0.949 bits per heavy atom. The molecule has 0 amide bonds. The molecule has 8 nitrogen and oxygen atoms in total. The van der Waals surface area contributed by atoms with E-state index in [1.54, 1.807) is 14.2 Å². The number of carboxylic acid groups (broad SMARTS) is 1. The van der Waals surface area contributed by atoms with Gasteiger partial charge in [0.15, 0.2) is 0 Å². The number of carboxylic acids is 1. The molecule has 0 unspecified atom stereocenters. The highest BCUT2D eigenvalue weighted by molar-refractivity contribution is 5.87. The van der Waals surface area contributed by atoms with E-state index in [1.807, 2.05) is 48.5 Å². The Morgan fingerprint density at radius 3 is 2.46 bits per heavy atom. The van der Waals surface area contributed by atoms with Crippen molar-refractivity contribution in [2.24, 2.45) is 0 Å². The number of H-pyrrole nitrogens is 1. The fourth-order valence-corrected chi connectivity index (χ4v) is 6.04. The zero-order valence-electron chi connectivity index (χ0n) is 22.3. The summed E-state index contributed by atoms with van der Waals surface area (Å²) in [6.45, 7) is 4.41. The topological polar surface area (TPSA) is 90.1 Å². The Kier molecular flexibility index (Phi) is 6.89. The summed E-state index contributed by atoms with van der Waals surface area (Å²) in [5.41, 5.74) is 6.39. The maximum atomic E-state index is 12.1. The molecule has 4 aromatic rings. The van der Waals surface area contributed by atoms with Crippen LogP contribution < -0.4 is 19.7 Å². The van der Waals surface area contributed by atoms with Crippen molar-refractivity contribution in [2.75, 3.05) is 45.3 Å². The lowest BCUT2D eigenvalue weighted by Crippen LogP contribution is -2.46. The zero-order valence-corrected chi connectivity index (χ0v) is 22.3. The monoisotopic (exact) mass is 526 g/mol. The van der Waals surface area contributed by atoms with Gasteiger partial charge in [0.2, 0.25) is 0 Å². The first kappa shape index (κ1) is 25.3. The van der Waals surface area contributed by atoms with Gasteiger partial charge in [-0.15, -0.1) is 0 Å². The molecule has 2 aliphatic rings. The van der Waals surface area contributed by atoms with Crippen molar-refractivity contribution in [3.63, 3.8) is 0 Å². The molecule has 1 fully saturated rings. The van der Waals surface area contributed by atoms with Crippen LogP contribution in [0.1, 0.15) is 28.4 Å². The molecule has 2 aliphatic heterocycles.